The number of nitrogens with zero attached hydrogens (tertiary/aromatic N) is 3. The third-order valence-electron chi connectivity index (χ3n) is 3.29. The van der Waals surface area contributed by atoms with Crippen molar-refractivity contribution in [2.45, 2.75) is 12.6 Å². The predicted molar refractivity (Wildman–Crippen MR) is 103 cm³/mol. The zero-order valence-corrected chi connectivity index (χ0v) is 16.1. The van der Waals surface area contributed by atoms with E-state index in [1.807, 2.05) is 0 Å². The van der Waals surface area contributed by atoms with Crippen LogP contribution in [0, 0.1) is 0 Å². The maximum atomic E-state index is 12.8. The summed E-state index contributed by atoms with van der Waals surface area (Å²) in [6.45, 7) is 0.417. The Morgan fingerprint density at radius 1 is 1.18 bits per heavy atom. The molecule has 0 radical (unpaired) electrons. The summed E-state index contributed by atoms with van der Waals surface area (Å²) in [5, 5.41) is 7.73. The second kappa shape index (κ2) is 10.1. The van der Waals surface area contributed by atoms with Gasteiger partial charge in [0.05, 0.1) is 11.3 Å². The number of aliphatic imine (C=N–C) groups is 3. The normalized spacial score (nSPS) is 14.3. The Hall–Kier alpha value is -2.51. The predicted octanol–water partition coefficient (Wildman–Crippen LogP) is 0.566. The van der Waals surface area contributed by atoms with Gasteiger partial charge in [-0.05, 0) is 24.6 Å². The van der Waals surface area contributed by atoms with Crippen molar-refractivity contribution in [2.75, 3.05) is 27.2 Å². The largest absolute Gasteiger partial charge is 0.416 e. The minimum absolute atomic E-state index is 0.0151. The van der Waals surface area contributed by atoms with Crippen molar-refractivity contribution in [3.63, 3.8) is 0 Å². The highest BCUT2D eigenvalue weighted by Gasteiger charge is 2.30. The number of nitrogens with one attached hydrogen (secondary N) is 2. The molecule has 13 heteroatoms. The Morgan fingerprint density at radius 2 is 1.86 bits per heavy atom. The molecule has 28 heavy (non-hydrogen) atoms. The highest BCUT2D eigenvalue weighted by Crippen LogP contribution is 2.31. The van der Waals surface area contributed by atoms with E-state index >= 15 is 0 Å². The number of amidine groups is 2. The molecule has 0 aliphatic rings. The molecule has 1 aromatic rings. The van der Waals surface area contributed by atoms with Crippen molar-refractivity contribution >= 4 is 33.3 Å². The van der Waals surface area contributed by atoms with Gasteiger partial charge in [-0.3, -0.25) is 9.98 Å². The fraction of sp³-hybridized carbons (Fsp3) is 0.400. The second-order valence-corrected chi connectivity index (χ2v) is 6.79. The molecule has 9 nitrogen and oxygen atoms in total. The average Bonchev–Trinajstić information content (AvgIpc) is 2.59. The Kier molecular flexibility index (Phi) is 8.53. The van der Waals surface area contributed by atoms with Crippen LogP contribution < -0.4 is 20.9 Å². The van der Waals surface area contributed by atoms with Gasteiger partial charge in [-0.25, -0.2) is 14.9 Å². The number of nitrogens with two attached hydrogens (primary N) is 2. The molecule has 0 heterocycles. The van der Waals surface area contributed by atoms with Crippen molar-refractivity contribution in [1.29, 1.82) is 0 Å². The number of rotatable bonds is 8. The SMILES string of the molecule is CN=C(NCCCNS(N)(=O)=O)C(=NC)C(N)=Nc1cccc(C(F)(F)F)c1. The van der Waals surface area contributed by atoms with Gasteiger partial charge in [0.25, 0.3) is 10.2 Å². The molecule has 0 saturated heterocycles. The first-order chi connectivity index (χ1) is 13.0. The lowest BCUT2D eigenvalue weighted by Crippen LogP contribution is -2.41. The van der Waals surface area contributed by atoms with Crippen LogP contribution >= 0.6 is 0 Å². The van der Waals surface area contributed by atoms with Crippen molar-refractivity contribution in [1.82, 2.24) is 10.0 Å². The van der Waals surface area contributed by atoms with Gasteiger partial charge in [0.1, 0.15) is 11.5 Å². The smallest absolute Gasteiger partial charge is 0.382 e. The summed E-state index contributed by atoms with van der Waals surface area (Å²) in [6.07, 6.45) is -4.11. The third-order valence-corrected chi connectivity index (χ3v) is 3.89. The average molecular weight is 421 g/mol. The Bertz CT molecular complexity index is 865. The number of halogens is 3. The van der Waals surface area contributed by atoms with Crippen LogP contribution in [0.1, 0.15) is 12.0 Å². The van der Waals surface area contributed by atoms with Gasteiger partial charge < -0.3 is 11.1 Å². The summed E-state index contributed by atoms with van der Waals surface area (Å²) >= 11 is 0. The zero-order chi connectivity index (χ0) is 21.4. The first-order valence-corrected chi connectivity index (χ1v) is 9.49. The Balaban J connectivity index is 2.86. The molecule has 1 rings (SSSR count). The molecule has 156 valence electrons. The van der Waals surface area contributed by atoms with E-state index < -0.39 is 21.9 Å². The molecule has 0 bridgehead atoms. The molecule has 0 saturated carbocycles. The lowest BCUT2D eigenvalue weighted by atomic mass is 10.2. The standard InChI is InChI=1S/C15H22F3N7O2S/c1-21-12(14(22-2)23-7-4-8-24-28(20,26)27)13(19)25-11-6-3-5-10(9-11)15(16,17)18/h3,5-6,9,24H,4,7-8H2,1-2H3,(H2,19,25)(H,22,23)(H2,20,26,27). The molecular formula is C15H22F3N7O2S. The van der Waals surface area contributed by atoms with Crippen LogP contribution in [0.3, 0.4) is 0 Å². The van der Waals surface area contributed by atoms with Crippen LogP contribution in [0.5, 0.6) is 0 Å². The number of benzene rings is 1. The van der Waals surface area contributed by atoms with Crippen LogP contribution in [0.25, 0.3) is 0 Å². The molecule has 0 aliphatic heterocycles. The fourth-order valence-corrected chi connectivity index (χ4v) is 2.49. The van der Waals surface area contributed by atoms with Gasteiger partial charge in [0.15, 0.2) is 5.84 Å². The van der Waals surface area contributed by atoms with Crippen LogP contribution in [-0.2, 0) is 16.4 Å². The van der Waals surface area contributed by atoms with E-state index in [0.717, 1.165) is 12.1 Å². The number of hydrogen-bond donors (Lipinski definition) is 4. The van der Waals surface area contributed by atoms with Crippen molar-refractivity contribution in [3.05, 3.63) is 29.8 Å². The van der Waals surface area contributed by atoms with E-state index in [4.69, 9.17) is 10.9 Å². The summed E-state index contributed by atoms with van der Waals surface area (Å²) < 4.78 is 62.1. The maximum absolute atomic E-state index is 12.8. The second-order valence-electron chi connectivity index (χ2n) is 5.41. The van der Waals surface area contributed by atoms with Gasteiger partial charge >= 0.3 is 6.18 Å². The Morgan fingerprint density at radius 3 is 2.39 bits per heavy atom. The third kappa shape index (κ3) is 8.02. The molecule has 6 N–H and O–H groups in total. The Labute approximate surface area is 161 Å². The minimum atomic E-state index is -4.50. The molecule has 0 aliphatic carbocycles. The highest BCUT2D eigenvalue weighted by molar-refractivity contribution is 7.87. The van der Waals surface area contributed by atoms with Gasteiger partial charge in [-0.15, -0.1) is 0 Å². The van der Waals surface area contributed by atoms with Crippen molar-refractivity contribution in [2.24, 2.45) is 25.8 Å². The summed E-state index contributed by atoms with van der Waals surface area (Å²) in [6, 6.07) is 4.41. The molecule has 1 aromatic carbocycles. The van der Waals surface area contributed by atoms with Crippen molar-refractivity contribution in [3.8, 4) is 0 Å². The summed E-state index contributed by atoms with van der Waals surface area (Å²) in [5.41, 5.74) is 5.21. The van der Waals surface area contributed by atoms with Gasteiger partial charge in [0.2, 0.25) is 0 Å². The topological polar surface area (TPSA) is 147 Å². The van der Waals surface area contributed by atoms with Crippen LogP contribution in [0.15, 0.2) is 39.2 Å². The fourth-order valence-electron chi connectivity index (χ4n) is 2.06. The van der Waals surface area contributed by atoms with Crippen molar-refractivity contribution < 1.29 is 21.6 Å². The van der Waals surface area contributed by atoms with Gasteiger partial charge in [0, 0.05) is 27.2 Å². The van der Waals surface area contributed by atoms with E-state index in [2.05, 4.69) is 25.0 Å². The maximum Gasteiger partial charge on any atom is 0.416 e. The first-order valence-electron chi connectivity index (χ1n) is 7.95. The van der Waals surface area contributed by atoms with Crippen LogP contribution in [-0.4, -0.2) is 53.0 Å². The lowest BCUT2D eigenvalue weighted by molar-refractivity contribution is -0.137. The minimum Gasteiger partial charge on any atom is -0.382 e. The monoisotopic (exact) mass is 421 g/mol. The number of alkyl halides is 3. The summed E-state index contributed by atoms with van der Waals surface area (Å²) in [5.74, 6) is 0.129. The first kappa shape index (κ1) is 23.5. The van der Waals surface area contributed by atoms with E-state index in [0.29, 0.717) is 13.0 Å². The number of hydrogen-bond acceptors (Lipinski definition) is 5. The van der Waals surface area contributed by atoms with Crippen LogP contribution in [0.2, 0.25) is 0 Å². The molecular weight excluding hydrogens is 399 g/mol. The molecule has 0 unspecified atom stereocenters. The highest BCUT2D eigenvalue weighted by atomic mass is 32.2. The zero-order valence-electron chi connectivity index (χ0n) is 15.3. The van der Waals surface area contributed by atoms with E-state index in [1.165, 1.54) is 26.2 Å². The summed E-state index contributed by atoms with van der Waals surface area (Å²) in [4.78, 5) is 12.0. The lowest BCUT2D eigenvalue weighted by Gasteiger charge is -2.12. The summed E-state index contributed by atoms with van der Waals surface area (Å²) in [7, 11) is -0.869. The quantitative estimate of drug-likeness (QED) is 0.276. The van der Waals surface area contributed by atoms with Gasteiger partial charge in [-0.2, -0.15) is 21.6 Å². The van der Waals surface area contributed by atoms with Gasteiger partial charge in [-0.1, -0.05) is 6.07 Å². The van der Waals surface area contributed by atoms with E-state index in [1.54, 1.807) is 0 Å². The molecule has 0 atom stereocenters. The molecule has 0 spiro atoms. The van der Waals surface area contributed by atoms with Crippen LogP contribution in [0.4, 0.5) is 18.9 Å². The molecule has 0 amide bonds. The van der Waals surface area contributed by atoms with E-state index in [9.17, 15) is 21.6 Å². The van der Waals surface area contributed by atoms with E-state index in [-0.39, 0.29) is 29.6 Å². The molecule has 0 aromatic heterocycles. The molecule has 0 fully saturated rings.